The maximum Gasteiger partial charge on any atom is 0.308 e. The van der Waals surface area contributed by atoms with Crippen molar-refractivity contribution in [2.75, 3.05) is 13.7 Å². The van der Waals surface area contributed by atoms with Crippen LogP contribution in [0.4, 0.5) is 0 Å². The standard InChI is InChI=1S/C9H17NO3/c1-4-12-9(11)6-8-5-7(2)10(3)13-8/h7-8H,4-6H2,1-3H3. The van der Waals surface area contributed by atoms with Gasteiger partial charge in [0.25, 0.3) is 0 Å². The third-order valence-corrected chi connectivity index (χ3v) is 2.24. The first-order valence-corrected chi connectivity index (χ1v) is 4.68. The van der Waals surface area contributed by atoms with Crippen LogP contribution in [0.5, 0.6) is 0 Å². The van der Waals surface area contributed by atoms with Crippen molar-refractivity contribution >= 4 is 5.97 Å². The van der Waals surface area contributed by atoms with Crippen LogP contribution in [0.3, 0.4) is 0 Å². The largest absolute Gasteiger partial charge is 0.466 e. The zero-order valence-electron chi connectivity index (χ0n) is 8.45. The van der Waals surface area contributed by atoms with Crippen LogP contribution in [0.1, 0.15) is 26.7 Å². The summed E-state index contributed by atoms with van der Waals surface area (Å²) in [7, 11) is 1.88. The first-order valence-electron chi connectivity index (χ1n) is 4.68. The highest BCUT2D eigenvalue weighted by molar-refractivity contribution is 5.69. The molecule has 0 N–H and O–H groups in total. The van der Waals surface area contributed by atoms with Crippen LogP contribution >= 0.6 is 0 Å². The van der Waals surface area contributed by atoms with E-state index in [4.69, 9.17) is 9.57 Å². The average Bonchev–Trinajstić information content (AvgIpc) is 2.31. The van der Waals surface area contributed by atoms with Gasteiger partial charge in [-0.25, -0.2) is 0 Å². The van der Waals surface area contributed by atoms with Gasteiger partial charge in [0.2, 0.25) is 0 Å². The zero-order chi connectivity index (χ0) is 9.84. The summed E-state index contributed by atoms with van der Waals surface area (Å²) in [5.74, 6) is -0.171. The van der Waals surface area contributed by atoms with E-state index in [1.165, 1.54) is 0 Å². The summed E-state index contributed by atoms with van der Waals surface area (Å²) in [6.07, 6.45) is 1.26. The van der Waals surface area contributed by atoms with Gasteiger partial charge in [-0.2, -0.15) is 5.06 Å². The number of hydrogen-bond acceptors (Lipinski definition) is 4. The molecule has 1 saturated heterocycles. The maximum atomic E-state index is 11.1. The molecule has 0 aromatic rings. The lowest BCUT2D eigenvalue weighted by Crippen LogP contribution is -2.20. The van der Waals surface area contributed by atoms with Crippen LogP contribution < -0.4 is 0 Å². The van der Waals surface area contributed by atoms with Crippen LogP contribution in [0.2, 0.25) is 0 Å². The molecule has 0 amide bonds. The second kappa shape index (κ2) is 4.58. The van der Waals surface area contributed by atoms with Crippen molar-refractivity contribution in [1.82, 2.24) is 5.06 Å². The Kier molecular flexibility index (Phi) is 3.69. The number of carbonyl (C=O) groups excluding carboxylic acids is 1. The second-order valence-corrected chi connectivity index (χ2v) is 3.37. The topological polar surface area (TPSA) is 38.8 Å². The van der Waals surface area contributed by atoms with Crippen molar-refractivity contribution < 1.29 is 14.4 Å². The molecule has 1 aliphatic heterocycles. The molecule has 0 aromatic carbocycles. The van der Waals surface area contributed by atoms with Crippen LogP contribution in [0.25, 0.3) is 0 Å². The van der Waals surface area contributed by atoms with Crippen LogP contribution in [0.15, 0.2) is 0 Å². The molecule has 0 radical (unpaired) electrons. The predicted molar refractivity (Wildman–Crippen MR) is 48.0 cm³/mol. The van der Waals surface area contributed by atoms with Gasteiger partial charge in [-0.05, 0) is 20.3 Å². The molecule has 0 aliphatic carbocycles. The molecule has 0 aromatic heterocycles. The summed E-state index contributed by atoms with van der Waals surface area (Å²) in [5, 5.41) is 1.80. The molecule has 76 valence electrons. The van der Waals surface area contributed by atoms with E-state index >= 15 is 0 Å². The monoisotopic (exact) mass is 187 g/mol. The maximum absolute atomic E-state index is 11.1. The molecule has 4 nitrogen and oxygen atoms in total. The van der Waals surface area contributed by atoms with Crippen LogP contribution in [-0.2, 0) is 14.4 Å². The highest BCUT2D eigenvalue weighted by Gasteiger charge is 2.29. The minimum atomic E-state index is -0.171. The number of nitrogens with zero attached hydrogens (tertiary/aromatic N) is 1. The summed E-state index contributed by atoms with van der Waals surface area (Å²) in [4.78, 5) is 16.5. The fourth-order valence-corrected chi connectivity index (χ4v) is 1.44. The summed E-state index contributed by atoms with van der Waals surface area (Å²) in [5.41, 5.74) is 0. The lowest BCUT2D eigenvalue weighted by atomic mass is 10.1. The van der Waals surface area contributed by atoms with Gasteiger partial charge in [0.05, 0.1) is 19.1 Å². The van der Waals surface area contributed by atoms with Crippen LogP contribution in [0, 0.1) is 0 Å². The van der Waals surface area contributed by atoms with Crippen LogP contribution in [-0.4, -0.2) is 36.8 Å². The first-order chi connectivity index (χ1) is 6.13. The van der Waals surface area contributed by atoms with E-state index in [9.17, 15) is 4.79 Å². The first kappa shape index (κ1) is 10.5. The van der Waals surface area contributed by atoms with Gasteiger partial charge in [0.15, 0.2) is 0 Å². The Morgan fingerprint density at radius 3 is 2.85 bits per heavy atom. The van der Waals surface area contributed by atoms with E-state index in [0.29, 0.717) is 19.1 Å². The second-order valence-electron chi connectivity index (χ2n) is 3.37. The van der Waals surface area contributed by atoms with E-state index in [1.54, 1.807) is 5.06 Å². The number of hydroxylamine groups is 2. The summed E-state index contributed by atoms with van der Waals surface area (Å²) < 4.78 is 4.84. The lowest BCUT2D eigenvalue weighted by Gasteiger charge is -2.12. The molecule has 0 saturated carbocycles. The Bertz CT molecular complexity index is 174. The molecule has 0 spiro atoms. The van der Waals surface area contributed by atoms with Crippen molar-refractivity contribution in [1.29, 1.82) is 0 Å². The number of carbonyl (C=O) groups is 1. The molecule has 1 fully saturated rings. The molecule has 2 atom stereocenters. The van der Waals surface area contributed by atoms with E-state index in [0.717, 1.165) is 6.42 Å². The Morgan fingerprint density at radius 1 is 1.69 bits per heavy atom. The molecule has 1 heterocycles. The highest BCUT2D eigenvalue weighted by atomic mass is 16.7. The molecule has 0 bridgehead atoms. The smallest absolute Gasteiger partial charge is 0.308 e. The average molecular weight is 187 g/mol. The third kappa shape index (κ3) is 2.97. The number of ether oxygens (including phenoxy) is 1. The molecule has 1 aliphatic rings. The molecule has 2 unspecified atom stereocenters. The number of esters is 1. The van der Waals surface area contributed by atoms with Crippen molar-refractivity contribution in [3.05, 3.63) is 0 Å². The Balaban J connectivity index is 2.27. The fraction of sp³-hybridized carbons (Fsp3) is 0.889. The van der Waals surface area contributed by atoms with Crippen molar-refractivity contribution in [3.63, 3.8) is 0 Å². The van der Waals surface area contributed by atoms with E-state index < -0.39 is 0 Å². The minimum Gasteiger partial charge on any atom is -0.466 e. The van der Waals surface area contributed by atoms with E-state index in [2.05, 4.69) is 6.92 Å². The van der Waals surface area contributed by atoms with Crippen molar-refractivity contribution in [2.45, 2.75) is 38.8 Å². The van der Waals surface area contributed by atoms with Gasteiger partial charge < -0.3 is 4.74 Å². The Morgan fingerprint density at radius 2 is 2.38 bits per heavy atom. The molecule has 13 heavy (non-hydrogen) atoms. The minimum absolute atomic E-state index is 0.000880. The van der Waals surface area contributed by atoms with E-state index in [1.807, 2.05) is 14.0 Å². The highest BCUT2D eigenvalue weighted by Crippen LogP contribution is 2.21. The van der Waals surface area contributed by atoms with Gasteiger partial charge >= 0.3 is 5.97 Å². The SMILES string of the molecule is CCOC(=O)CC1CC(C)N(C)O1. The molecule has 1 rings (SSSR count). The van der Waals surface area contributed by atoms with Gasteiger partial charge in [-0.1, -0.05) is 0 Å². The summed E-state index contributed by atoms with van der Waals surface area (Å²) in [6.45, 7) is 4.32. The molecular formula is C9H17NO3. The summed E-state index contributed by atoms with van der Waals surface area (Å²) >= 11 is 0. The Labute approximate surface area is 78.8 Å². The van der Waals surface area contributed by atoms with Crippen molar-refractivity contribution in [2.24, 2.45) is 0 Å². The van der Waals surface area contributed by atoms with E-state index in [-0.39, 0.29) is 12.1 Å². The lowest BCUT2D eigenvalue weighted by molar-refractivity contribution is -0.161. The fourth-order valence-electron chi connectivity index (χ4n) is 1.44. The third-order valence-electron chi connectivity index (χ3n) is 2.24. The van der Waals surface area contributed by atoms with Gasteiger partial charge in [0.1, 0.15) is 0 Å². The number of rotatable bonds is 3. The summed E-state index contributed by atoms with van der Waals surface area (Å²) in [6, 6.07) is 0.388. The predicted octanol–water partition coefficient (Wildman–Crippen LogP) is 0.964. The number of hydrogen-bond donors (Lipinski definition) is 0. The zero-order valence-corrected chi connectivity index (χ0v) is 8.45. The normalized spacial score (nSPS) is 29.2. The quantitative estimate of drug-likeness (QED) is 0.617. The van der Waals surface area contributed by atoms with Gasteiger partial charge in [0, 0.05) is 13.1 Å². The van der Waals surface area contributed by atoms with Gasteiger partial charge in [-0.15, -0.1) is 0 Å². The molecule has 4 heteroatoms. The van der Waals surface area contributed by atoms with Crippen molar-refractivity contribution in [3.8, 4) is 0 Å². The van der Waals surface area contributed by atoms with Gasteiger partial charge in [-0.3, -0.25) is 9.63 Å². The molecular weight excluding hydrogens is 170 g/mol. The Hall–Kier alpha value is -0.610.